The molecule has 2 aromatic carbocycles. The van der Waals surface area contributed by atoms with Crippen molar-refractivity contribution in [2.75, 3.05) is 32.8 Å². The van der Waals surface area contributed by atoms with Crippen LogP contribution in [0.4, 0.5) is 0 Å². The minimum Gasteiger partial charge on any atom is -0.487 e. The van der Waals surface area contributed by atoms with Crippen LogP contribution in [0.25, 0.3) is 0 Å². The van der Waals surface area contributed by atoms with Gasteiger partial charge in [-0.15, -0.1) is 11.3 Å². The van der Waals surface area contributed by atoms with E-state index in [1.54, 1.807) is 11.6 Å². The van der Waals surface area contributed by atoms with Gasteiger partial charge in [-0.3, -0.25) is 9.69 Å². The topological polar surface area (TPSA) is 63.7 Å². The van der Waals surface area contributed by atoms with Gasteiger partial charge < -0.3 is 14.8 Å². The Morgan fingerprint density at radius 3 is 2.77 bits per heavy atom. The molecule has 6 nitrogen and oxygen atoms in total. The standard InChI is InChI=1S/C23H25N3O3S/c27-23(19-7-4-8-21(13-19)29-15-20-16-30-17-24-20)25-22(18-5-2-1-3-6-18)14-26-9-11-28-12-10-26/h1-8,13,16-17,22H,9-12,14-15H2,(H,25,27). The number of aromatic nitrogens is 1. The number of thiazole rings is 1. The van der Waals surface area contributed by atoms with Crippen molar-refractivity contribution >= 4 is 17.2 Å². The fraction of sp³-hybridized carbons (Fsp3) is 0.304. The van der Waals surface area contributed by atoms with Gasteiger partial charge in [-0.25, -0.2) is 4.98 Å². The van der Waals surface area contributed by atoms with Gasteiger partial charge in [-0.05, 0) is 23.8 Å². The second-order valence-corrected chi connectivity index (χ2v) is 7.86. The van der Waals surface area contributed by atoms with Crippen molar-refractivity contribution in [1.29, 1.82) is 0 Å². The number of morpholine rings is 1. The molecule has 1 aromatic heterocycles. The van der Waals surface area contributed by atoms with Crippen LogP contribution in [-0.4, -0.2) is 48.6 Å². The van der Waals surface area contributed by atoms with E-state index in [0.717, 1.165) is 44.1 Å². The van der Waals surface area contributed by atoms with Crippen LogP contribution in [0.1, 0.15) is 27.7 Å². The van der Waals surface area contributed by atoms with E-state index in [0.29, 0.717) is 17.9 Å². The molecule has 0 bridgehead atoms. The largest absolute Gasteiger partial charge is 0.487 e. The normalized spacial score (nSPS) is 15.5. The van der Waals surface area contributed by atoms with Gasteiger partial charge in [0.25, 0.3) is 5.91 Å². The van der Waals surface area contributed by atoms with Crippen LogP contribution in [0.15, 0.2) is 65.5 Å². The summed E-state index contributed by atoms with van der Waals surface area (Å²) in [4.78, 5) is 19.6. The van der Waals surface area contributed by atoms with Crippen LogP contribution in [0.5, 0.6) is 5.75 Å². The summed E-state index contributed by atoms with van der Waals surface area (Å²) in [6, 6.07) is 17.3. The summed E-state index contributed by atoms with van der Waals surface area (Å²) in [7, 11) is 0. The lowest BCUT2D eigenvalue weighted by molar-refractivity contribution is 0.0332. The van der Waals surface area contributed by atoms with Gasteiger partial charge in [0.05, 0.1) is 30.5 Å². The molecule has 2 heterocycles. The number of amides is 1. The van der Waals surface area contributed by atoms with Crippen LogP contribution >= 0.6 is 11.3 Å². The van der Waals surface area contributed by atoms with E-state index < -0.39 is 0 Å². The van der Waals surface area contributed by atoms with Crippen molar-refractivity contribution in [2.45, 2.75) is 12.6 Å². The highest BCUT2D eigenvalue weighted by molar-refractivity contribution is 7.07. The number of nitrogens with zero attached hydrogens (tertiary/aromatic N) is 2. The van der Waals surface area contributed by atoms with Crippen LogP contribution in [0.3, 0.4) is 0 Å². The minimum atomic E-state index is -0.115. The van der Waals surface area contributed by atoms with Crippen LogP contribution in [-0.2, 0) is 11.3 Å². The van der Waals surface area contributed by atoms with Gasteiger partial charge in [0.15, 0.2) is 0 Å². The number of carbonyl (C=O) groups excluding carboxylic acids is 1. The maximum absolute atomic E-state index is 13.0. The summed E-state index contributed by atoms with van der Waals surface area (Å²) < 4.78 is 11.2. The van der Waals surface area contributed by atoms with Crippen molar-refractivity contribution < 1.29 is 14.3 Å². The molecule has 1 amide bonds. The first-order valence-electron chi connectivity index (χ1n) is 10.0. The predicted molar refractivity (Wildman–Crippen MR) is 117 cm³/mol. The second kappa shape index (κ2) is 10.3. The molecule has 1 aliphatic heterocycles. The van der Waals surface area contributed by atoms with E-state index in [-0.39, 0.29) is 11.9 Å². The summed E-state index contributed by atoms with van der Waals surface area (Å²) in [6.45, 7) is 4.34. The van der Waals surface area contributed by atoms with Gasteiger partial charge in [0, 0.05) is 30.6 Å². The SMILES string of the molecule is O=C(NC(CN1CCOCC1)c1ccccc1)c1cccc(OCc2cscn2)c1. The molecule has 3 aromatic rings. The zero-order valence-corrected chi connectivity index (χ0v) is 17.5. The number of rotatable bonds is 8. The maximum atomic E-state index is 13.0. The quantitative estimate of drug-likeness (QED) is 0.601. The molecule has 7 heteroatoms. The molecular formula is C23H25N3O3S. The zero-order chi connectivity index (χ0) is 20.6. The number of carbonyl (C=O) groups is 1. The van der Waals surface area contributed by atoms with Gasteiger partial charge >= 0.3 is 0 Å². The van der Waals surface area contributed by atoms with E-state index in [1.807, 2.05) is 41.8 Å². The van der Waals surface area contributed by atoms with Gasteiger partial charge in [-0.1, -0.05) is 36.4 Å². The summed E-state index contributed by atoms with van der Waals surface area (Å²) >= 11 is 1.53. The lowest BCUT2D eigenvalue weighted by Crippen LogP contribution is -2.43. The molecule has 30 heavy (non-hydrogen) atoms. The molecule has 1 aliphatic rings. The third kappa shape index (κ3) is 5.66. The highest BCUT2D eigenvalue weighted by Crippen LogP contribution is 2.19. The Morgan fingerprint density at radius 1 is 1.17 bits per heavy atom. The molecular weight excluding hydrogens is 398 g/mol. The highest BCUT2D eigenvalue weighted by Gasteiger charge is 2.21. The van der Waals surface area contributed by atoms with E-state index in [1.165, 1.54) is 11.3 Å². The van der Waals surface area contributed by atoms with E-state index >= 15 is 0 Å². The second-order valence-electron chi connectivity index (χ2n) is 7.15. The molecule has 1 atom stereocenters. The van der Waals surface area contributed by atoms with E-state index in [4.69, 9.17) is 9.47 Å². The minimum absolute atomic E-state index is 0.101. The maximum Gasteiger partial charge on any atom is 0.251 e. The number of benzene rings is 2. The summed E-state index contributed by atoms with van der Waals surface area (Å²) in [5, 5.41) is 5.16. The molecule has 0 radical (unpaired) electrons. The fourth-order valence-electron chi connectivity index (χ4n) is 3.40. The smallest absolute Gasteiger partial charge is 0.251 e. The summed E-state index contributed by atoms with van der Waals surface area (Å²) in [5.41, 5.74) is 4.33. The van der Waals surface area contributed by atoms with E-state index in [9.17, 15) is 4.79 Å². The Labute approximate surface area is 180 Å². The van der Waals surface area contributed by atoms with Crippen molar-refractivity contribution in [1.82, 2.24) is 15.2 Å². The van der Waals surface area contributed by atoms with E-state index in [2.05, 4.69) is 27.3 Å². The molecule has 1 saturated heterocycles. The molecule has 1 N–H and O–H groups in total. The highest BCUT2D eigenvalue weighted by atomic mass is 32.1. The average molecular weight is 424 g/mol. The number of hydrogen-bond acceptors (Lipinski definition) is 6. The first-order valence-corrected chi connectivity index (χ1v) is 11.0. The summed E-state index contributed by atoms with van der Waals surface area (Å²) in [5.74, 6) is 0.538. The number of nitrogens with one attached hydrogen (secondary N) is 1. The third-order valence-corrected chi connectivity index (χ3v) is 5.65. The molecule has 4 rings (SSSR count). The third-order valence-electron chi connectivity index (χ3n) is 5.02. The Hall–Kier alpha value is -2.74. The van der Waals surface area contributed by atoms with Crippen LogP contribution in [0.2, 0.25) is 0 Å². The van der Waals surface area contributed by atoms with Crippen LogP contribution < -0.4 is 10.1 Å². The first kappa shape index (κ1) is 20.5. The summed E-state index contributed by atoms with van der Waals surface area (Å²) in [6.07, 6.45) is 0. The predicted octanol–water partition coefficient (Wildman–Crippen LogP) is 3.53. The first-order chi connectivity index (χ1) is 14.8. The molecule has 0 saturated carbocycles. The molecule has 0 aliphatic carbocycles. The Kier molecular flexibility index (Phi) is 7.07. The van der Waals surface area contributed by atoms with Gasteiger partial charge in [0.2, 0.25) is 0 Å². The molecule has 156 valence electrons. The molecule has 0 spiro atoms. The van der Waals surface area contributed by atoms with Crippen molar-refractivity contribution in [3.05, 3.63) is 82.3 Å². The van der Waals surface area contributed by atoms with Gasteiger partial charge in [0.1, 0.15) is 12.4 Å². The fourth-order valence-corrected chi connectivity index (χ4v) is 3.94. The Balaban J connectivity index is 1.44. The Bertz CT molecular complexity index is 928. The average Bonchev–Trinajstić information content (AvgIpc) is 3.32. The monoisotopic (exact) mass is 423 g/mol. The van der Waals surface area contributed by atoms with Gasteiger partial charge in [-0.2, -0.15) is 0 Å². The lowest BCUT2D eigenvalue weighted by atomic mass is 10.1. The lowest BCUT2D eigenvalue weighted by Gasteiger charge is -2.31. The number of ether oxygens (including phenoxy) is 2. The number of hydrogen-bond donors (Lipinski definition) is 1. The Morgan fingerprint density at radius 2 is 2.00 bits per heavy atom. The van der Waals surface area contributed by atoms with Crippen molar-refractivity contribution in [3.8, 4) is 5.75 Å². The van der Waals surface area contributed by atoms with Crippen molar-refractivity contribution in [3.63, 3.8) is 0 Å². The zero-order valence-electron chi connectivity index (χ0n) is 16.7. The molecule has 1 fully saturated rings. The van der Waals surface area contributed by atoms with Crippen LogP contribution in [0, 0.1) is 0 Å². The molecule has 1 unspecified atom stereocenters. The van der Waals surface area contributed by atoms with Crippen molar-refractivity contribution in [2.24, 2.45) is 0 Å².